The zero-order valence-corrected chi connectivity index (χ0v) is 13.4. The van der Waals surface area contributed by atoms with Crippen LogP contribution in [0.4, 0.5) is 0 Å². The molecule has 1 atom stereocenters. The van der Waals surface area contributed by atoms with Crippen molar-refractivity contribution in [2.45, 2.75) is 32.7 Å². The van der Waals surface area contributed by atoms with Crippen LogP contribution >= 0.6 is 0 Å². The number of aromatic nitrogens is 1. The van der Waals surface area contributed by atoms with E-state index in [2.05, 4.69) is 35.1 Å². The van der Waals surface area contributed by atoms with Gasteiger partial charge in [-0.1, -0.05) is 18.2 Å². The number of carbonyl (C=O) groups is 1. The maximum absolute atomic E-state index is 12.2. The van der Waals surface area contributed by atoms with Crippen LogP contribution in [0.25, 0.3) is 10.9 Å². The Kier molecular flexibility index (Phi) is 4.48. The van der Waals surface area contributed by atoms with Gasteiger partial charge in [0.25, 0.3) is 0 Å². The second kappa shape index (κ2) is 6.53. The highest BCUT2D eigenvalue weighted by Crippen LogP contribution is 2.19. The average molecular weight is 299 g/mol. The Morgan fingerprint density at radius 3 is 3.00 bits per heavy atom. The molecule has 22 heavy (non-hydrogen) atoms. The first-order valence-electron chi connectivity index (χ1n) is 8.19. The molecule has 0 spiro atoms. The van der Waals surface area contributed by atoms with Gasteiger partial charge < -0.3 is 15.2 Å². The Morgan fingerprint density at radius 1 is 1.41 bits per heavy atom. The Bertz CT molecular complexity index is 647. The molecule has 0 aliphatic carbocycles. The van der Waals surface area contributed by atoms with Crippen LogP contribution in [0.1, 0.15) is 25.8 Å². The first-order chi connectivity index (χ1) is 10.6. The van der Waals surface area contributed by atoms with Crippen LogP contribution in [0.3, 0.4) is 0 Å². The van der Waals surface area contributed by atoms with E-state index in [1.54, 1.807) is 0 Å². The first-order valence-corrected chi connectivity index (χ1v) is 8.19. The van der Waals surface area contributed by atoms with E-state index in [1.165, 1.54) is 6.42 Å². The van der Waals surface area contributed by atoms with Crippen molar-refractivity contribution in [3.8, 4) is 0 Å². The van der Waals surface area contributed by atoms with E-state index in [9.17, 15) is 4.79 Å². The van der Waals surface area contributed by atoms with E-state index in [0.29, 0.717) is 18.4 Å². The summed E-state index contributed by atoms with van der Waals surface area (Å²) >= 11 is 0. The summed E-state index contributed by atoms with van der Waals surface area (Å²) < 4.78 is 0. The van der Waals surface area contributed by atoms with Crippen LogP contribution in [0.5, 0.6) is 0 Å². The van der Waals surface area contributed by atoms with Crippen molar-refractivity contribution < 1.29 is 4.79 Å². The molecule has 1 saturated heterocycles. The number of fused-ring (bicyclic) bond motifs is 1. The van der Waals surface area contributed by atoms with Gasteiger partial charge in [0.15, 0.2) is 0 Å². The Labute approximate surface area is 131 Å². The number of benzene rings is 1. The summed E-state index contributed by atoms with van der Waals surface area (Å²) in [5.74, 6) is 0.710. The minimum atomic E-state index is 0.118. The zero-order chi connectivity index (χ0) is 15.5. The summed E-state index contributed by atoms with van der Waals surface area (Å²) in [4.78, 5) is 17.9. The Hall–Kier alpha value is -1.81. The van der Waals surface area contributed by atoms with Crippen LogP contribution in [-0.2, 0) is 11.2 Å². The van der Waals surface area contributed by atoms with Crippen LogP contribution in [0.15, 0.2) is 30.5 Å². The van der Waals surface area contributed by atoms with E-state index in [0.717, 1.165) is 36.1 Å². The van der Waals surface area contributed by atoms with Gasteiger partial charge in [-0.15, -0.1) is 0 Å². The number of amides is 1. The number of aromatic amines is 1. The fourth-order valence-corrected chi connectivity index (χ4v) is 3.27. The molecule has 0 bridgehead atoms. The molecule has 1 aromatic heterocycles. The monoisotopic (exact) mass is 299 g/mol. The summed E-state index contributed by atoms with van der Waals surface area (Å²) in [6.07, 6.45) is 3.58. The number of hydrogen-bond donors (Lipinski definition) is 2. The number of rotatable bonds is 5. The SMILES string of the molecule is CC(C)N1CC[C@@H](CNC(=O)Cc2c[nH]c3ccccc23)C1. The van der Waals surface area contributed by atoms with Gasteiger partial charge in [-0.25, -0.2) is 0 Å². The van der Waals surface area contributed by atoms with Crippen molar-refractivity contribution in [3.63, 3.8) is 0 Å². The number of likely N-dealkylation sites (tertiary alicyclic amines) is 1. The zero-order valence-electron chi connectivity index (χ0n) is 13.4. The highest BCUT2D eigenvalue weighted by atomic mass is 16.1. The van der Waals surface area contributed by atoms with Gasteiger partial charge in [0, 0.05) is 36.2 Å². The van der Waals surface area contributed by atoms with E-state index >= 15 is 0 Å². The molecule has 4 heteroatoms. The van der Waals surface area contributed by atoms with Crippen molar-refractivity contribution in [2.24, 2.45) is 5.92 Å². The summed E-state index contributed by atoms with van der Waals surface area (Å²) in [5, 5.41) is 4.25. The normalized spacial score (nSPS) is 19.1. The largest absolute Gasteiger partial charge is 0.361 e. The fraction of sp³-hybridized carbons (Fsp3) is 0.500. The van der Waals surface area contributed by atoms with Crippen molar-refractivity contribution in [1.29, 1.82) is 0 Å². The van der Waals surface area contributed by atoms with Gasteiger partial charge in [0.05, 0.1) is 6.42 Å². The smallest absolute Gasteiger partial charge is 0.224 e. The van der Waals surface area contributed by atoms with Crippen LogP contribution < -0.4 is 5.32 Å². The van der Waals surface area contributed by atoms with Gasteiger partial charge in [-0.3, -0.25) is 4.79 Å². The molecular formula is C18H25N3O. The minimum absolute atomic E-state index is 0.118. The molecule has 1 aliphatic rings. The summed E-state index contributed by atoms with van der Waals surface area (Å²) in [6.45, 7) is 7.52. The van der Waals surface area contributed by atoms with Gasteiger partial charge in [-0.2, -0.15) is 0 Å². The number of H-pyrrole nitrogens is 1. The molecule has 1 aliphatic heterocycles. The van der Waals surface area contributed by atoms with Gasteiger partial charge in [0.1, 0.15) is 0 Å². The molecule has 1 amide bonds. The third kappa shape index (κ3) is 3.33. The minimum Gasteiger partial charge on any atom is -0.361 e. The quantitative estimate of drug-likeness (QED) is 0.891. The van der Waals surface area contributed by atoms with E-state index in [1.807, 2.05) is 24.4 Å². The summed E-state index contributed by atoms with van der Waals surface area (Å²) in [7, 11) is 0. The van der Waals surface area contributed by atoms with Crippen molar-refractivity contribution in [2.75, 3.05) is 19.6 Å². The molecule has 4 nitrogen and oxygen atoms in total. The highest BCUT2D eigenvalue weighted by molar-refractivity contribution is 5.88. The van der Waals surface area contributed by atoms with Gasteiger partial charge in [-0.05, 0) is 44.4 Å². The molecule has 1 aromatic carbocycles. The van der Waals surface area contributed by atoms with E-state index in [4.69, 9.17) is 0 Å². The summed E-state index contributed by atoms with van der Waals surface area (Å²) in [5.41, 5.74) is 2.16. The Balaban J connectivity index is 1.51. The standard InChI is InChI=1S/C18H25N3O/c1-13(2)21-8-7-14(12-21)10-20-18(22)9-15-11-19-17-6-4-3-5-16(15)17/h3-6,11,13-14,19H,7-10,12H2,1-2H3,(H,20,22)/t14-/m0/s1. The highest BCUT2D eigenvalue weighted by Gasteiger charge is 2.24. The van der Waals surface area contributed by atoms with Crippen LogP contribution in [0, 0.1) is 5.92 Å². The molecule has 118 valence electrons. The lowest BCUT2D eigenvalue weighted by atomic mass is 10.1. The second-order valence-electron chi connectivity index (χ2n) is 6.58. The van der Waals surface area contributed by atoms with Crippen LogP contribution in [-0.4, -0.2) is 41.5 Å². The van der Waals surface area contributed by atoms with Gasteiger partial charge in [0.2, 0.25) is 5.91 Å². The fourth-order valence-electron chi connectivity index (χ4n) is 3.27. The third-order valence-corrected chi connectivity index (χ3v) is 4.66. The molecule has 0 saturated carbocycles. The van der Waals surface area contributed by atoms with Crippen molar-refractivity contribution in [1.82, 2.24) is 15.2 Å². The molecule has 2 N–H and O–H groups in total. The third-order valence-electron chi connectivity index (χ3n) is 4.66. The molecule has 1 fully saturated rings. The first kappa shape index (κ1) is 15.1. The van der Waals surface area contributed by atoms with Crippen molar-refractivity contribution >= 4 is 16.8 Å². The van der Waals surface area contributed by atoms with E-state index < -0.39 is 0 Å². The maximum Gasteiger partial charge on any atom is 0.224 e. The molecule has 0 unspecified atom stereocenters. The molecule has 2 aromatic rings. The topological polar surface area (TPSA) is 48.1 Å². The lowest BCUT2D eigenvalue weighted by molar-refractivity contribution is -0.120. The Morgan fingerprint density at radius 2 is 2.23 bits per heavy atom. The predicted molar refractivity (Wildman–Crippen MR) is 89.8 cm³/mol. The summed E-state index contributed by atoms with van der Waals surface area (Å²) in [6, 6.07) is 8.72. The van der Waals surface area contributed by atoms with Gasteiger partial charge >= 0.3 is 0 Å². The number of nitrogens with one attached hydrogen (secondary N) is 2. The number of carbonyl (C=O) groups excluding carboxylic acids is 1. The van der Waals surface area contributed by atoms with Crippen LogP contribution in [0.2, 0.25) is 0 Å². The predicted octanol–water partition coefficient (Wildman–Crippen LogP) is 2.56. The molecule has 3 rings (SSSR count). The van der Waals surface area contributed by atoms with E-state index in [-0.39, 0.29) is 5.91 Å². The number of hydrogen-bond acceptors (Lipinski definition) is 2. The molecular weight excluding hydrogens is 274 g/mol. The molecule has 0 radical (unpaired) electrons. The number of nitrogens with zero attached hydrogens (tertiary/aromatic N) is 1. The second-order valence-corrected chi connectivity index (χ2v) is 6.58. The average Bonchev–Trinajstić information content (AvgIpc) is 3.13. The lowest BCUT2D eigenvalue weighted by Gasteiger charge is -2.20. The number of para-hydroxylation sites is 1. The maximum atomic E-state index is 12.2. The lowest BCUT2D eigenvalue weighted by Crippen LogP contribution is -2.33. The van der Waals surface area contributed by atoms with Crippen molar-refractivity contribution in [3.05, 3.63) is 36.0 Å². The molecule has 2 heterocycles.